The maximum Gasteiger partial charge on any atom is 0.240 e. The fourth-order valence-electron chi connectivity index (χ4n) is 1.93. The fraction of sp³-hybridized carbons (Fsp3) is 0.0769. The van der Waals surface area contributed by atoms with Crippen LogP contribution in [-0.2, 0) is 6.54 Å². The molecule has 0 atom stereocenters. The van der Waals surface area contributed by atoms with E-state index in [1.165, 1.54) is 0 Å². The molecule has 0 aliphatic carbocycles. The molecule has 1 aromatic heterocycles. The van der Waals surface area contributed by atoms with Crippen LogP contribution >= 0.6 is 0 Å². The first-order valence-electron chi connectivity index (χ1n) is 5.53. The van der Waals surface area contributed by atoms with Crippen LogP contribution in [0.2, 0.25) is 0 Å². The van der Waals surface area contributed by atoms with E-state index < -0.39 is 0 Å². The quantitative estimate of drug-likeness (QED) is 0.717. The number of phenols is 1. The van der Waals surface area contributed by atoms with Gasteiger partial charge in [-0.25, -0.2) is 0 Å². The highest BCUT2D eigenvalue weighted by molar-refractivity contribution is 5.97. The number of aromatic nitrogens is 2. The number of benzene rings is 2. The van der Waals surface area contributed by atoms with E-state index in [4.69, 9.17) is 10.3 Å². The molecule has 3 aromatic rings. The van der Waals surface area contributed by atoms with E-state index in [1.807, 2.05) is 30.3 Å². The zero-order valence-electron chi connectivity index (χ0n) is 9.50. The van der Waals surface area contributed by atoms with Crippen LogP contribution in [-0.4, -0.2) is 15.2 Å². The van der Waals surface area contributed by atoms with Crippen LogP contribution in [0.15, 0.2) is 40.9 Å². The summed E-state index contributed by atoms with van der Waals surface area (Å²) in [6.07, 6.45) is 0. The van der Waals surface area contributed by atoms with Crippen LogP contribution in [0, 0.1) is 0 Å². The van der Waals surface area contributed by atoms with Gasteiger partial charge in [0.25, 0.3) is 0 Å². The van der Waals surface area contributed by atoms with Gasteiger partial charge < -0.3 is 15.4 Å². The summed E-state index contributed by atoms with van der Waals surface area (Å²) in [6.45, 7) is 0.179. The minimum Gasteiger partial charge on any atom is -0.507 e. The number of aromatic hydroxyl groups is 1. The molecule has 0 aliphatic heterocycles. The Balaban J connectivity index is 2.29. The lowest BCUT2D eigenvalue weighted by Gasteiger charge is -2.04. The summed E-state index contributed by atoms with van der Waals surface area (Å²) < 4.78 is 4.97. The highest BCUT2D eigenvalue weighted by Crippen LogP contribution is 2.34. The first-order valence-corrected chi connectivity index (χ1v) is 5.53. The van der Waals surface area contributed by atoms with Gasteiger partial charge in [-0.1, -0.05) is 35.5 Å². The lowest BCUT2D eigenvalue weighted by atomic mass is 10.0. The number of nitrogens with two attached hydrogens (primary N) is 1. The minimum atomic E-state index is 0.123. The van der Waals surface area contributed by atoms with Gasteiger partial charge in [0.1, 0.15) is 5.75 Å². The van der Waals surface area contributed by atoms with Gasteiger partial charge in [-0.15, -0.1) is 0 Å². The highest BCUT2D eigenvalue weighted by atomic mass is 16.5. The lowest BCUT2D eigenvalue weighted by Crippen LogP contribution is -1.95. The van der Waals surface area contributed by atoms with Crippen LogP contribution in [0.3, 0.4) is 0 Å². The van der Waals surface area contributed by atoms with Crippen LogP contribution in [0.5, 0.6) is 5.75 Å². The van der Waals surface area contributed by atoms with Gasteiger partial charge in [0.15, 0.2) is 0 Å². The largest absolute Gasteiger partial charge is 0.507 e. The monoisotopic (exact) mass is 241 g/mol. The molecule has 90 valence electrons. The van der Waals surface area contributed by atoms with E-state index in [1.54, 1.807) is 6.07 Å². The SMILES string of the molecule is NCc1nc(-c2c(O)ccc3ccccc23)no1. The van der Waals surface area contributed by atoms with E-state index >= 15 is 0 Å². The van der Waals surface area contributed by atoms with Crippen molar-refractivity contribution in [2.45, 2.75) is 6.54 Å². The molecule has 2 aromatic carbocycles. The van der Waals surface area contributed by atoms with Gasteiger partial charge in [-0.2, -0.15) is 4.98 Å². The summed E-state index contributed by atoms with van der Waals surface area (Å²) in [5.41, 5.74) is 6.00. The Morgan fingerprint density at radius 2 is 2.00 bits per heavy atom. The normalized spacial score (nSPS) is 10.9. The van der Waals surface area contributed by atoms with Crippen LogP contribution in [0.1, 0.15) is 5.89 Å². The Morgan fingerprint density at radius 1 is 1.17 bits per heavy atom. The number of hydrogen-bond donors (Lipinski definition) is 2. The van der Waals surface area contributed by atoms with Crippen molar-refractivity contribution in [1.82, 2.24) is 10.1 Å². The molecule has 0 bridgehead atoms. The number of rotatable bonds is 2. The Kier molecular flexibility index (Phi) is 2.46. The zero-order chi connectivity index (χ0) is 12.5. The summed E-state index contributed by atoms with van der Waals surface area (Å²) in [6, 6.07) is 11.2. The predicted octanol–water partition coefficient (Wildman–Crippen LogP) is 2.05. The molecule has 1 heterocycles. The first-order chi connectivity index (χ1) is 8.79. The van der Waals surface area contributed by atoms with Gasteiger partial charge in [0, 0.05) is 0 Å². The van der Waals surface area contributed by atoms with Gasteiger partial charge in [-0.3, -0.25) is 0 Å². The number of hydrogen-bond acceptors (Lipinski definition) is 5. The van der Waals surface area contributed by atoms with Crippen molar-refractivity contribution in [3.8, 4) is 17.1 Å². The molecule has 18 heavy (non-hydrogen) atoms. The first kappa shape index (κ1) is 10.7. The van der Waals surface area contributed by atoms with Crippen molar-refractivity contribution in [3.05, 3.63) is 42.3 Å². The summed E-state index contributed by atoms with van der Waals surface area (Å²) in [5, 5.41) is 15.7. The third kappa shape index (κ3) is 1.61. The van der Waals surface area contributed by atoms with Crippen molar-refractivity contribution < 1.29 is 9.63 Å². The molecule has 0 unspecified atom stereocenters. The number of nitrogens with zero attached hydrogens (tertiary/aromatic N) is 2. The Morgan fingerprint density at radius 3 is 2.78 bits per heavy atom. The van der Waals surface area contributed by atoms with Crippen molar-refractivity contribution in [2.24, 2.45) is 5.73 Å². The standard InChI is InChI=1S/C13H11N3O2/c14-7-11-15-13(16-18-11)12-9-4-2-1-3-8(9)5-6-10(12)17/h1-6,17H,7,14H2. The second kappa shape index (κ2) is 4.12. The van der Waals surface area contributed by atoms with Crippen molar-refractivity contribution in [2.75, 3.05) is 0 Å². The molecule has 5 nitrogen and oxygen atoms in total. The van der Waals surface area contributed by atoms with Gasteiger partial charge >= 0.3 is 0 Å². The number of fused-ring (bicyclic) bond motifs is 1. The number of phenolic OH excluding ortho intramolecular Hbond substituents is 1. The molecule has 0 amide bonds. The molecule has 0 saturated carbocycles. The molecule has 3 rings (SSSR count). The molecular weight excluding hydrogens is 230 g/mol. The van der Waals surface area contributed by atoms with Gasteiger partial charge in [-0.05, 0) is 16.8 Å². The third-order valence-electron chi connectivity index (χ3n) is 2.77. The molecule has 0 spiro atoms. The van der Waals surface area contributed by atoms with E-state index in [9.17, 15) is 5.11 Å². The third-order valence-corrected chi connectivity index (χ3v) is 2.77. The van der Waals surface area contributed by atoms with E-state index in [0.717, 1.165) is 10.8 Å². The second-order valence-electron chi connectivity index (χ2n) is 3.90. The Hall–Kier alpha value is -2.40. The fourth-order valence-corrected chi connectivity index (χ4v) is 1.93. The molecule has 3 N–H and O–H groups in total. The average molecular weight is 241 g/mol. The summed E-state index contributed by atoms with van der Waals surface area (Å²) >= 11 is 0. The van der Waals surface area contributed by atoms with E-state index in [0.29, 0.717) is 17.3 Å². The van der Waals surface area contributed by atoms with Crippen LogP contribution < -0.4 is 5.73 Å². The van der Waals surface area contributed by atoms with Crippen LogP contribution in [0.4, 0.5) is 0 Å². The average Bonchev–Trinajstić information content (AvgIpc) is 2.87. The van der Waals surface area contributed by atoms with Gasteiger partial charge in [0.2, 0.25) is 11.7 Å². The predicted molar refractivity (Wildman–Crippen MR) is 66.8 cm³/mol. The molecule has 0 saturated heterocycles. The molecule has 0 aliphatic rings. The Bertz CT molecular complexity index is 706. The lowest BCUT2D eigenvalue weighted by molar-refractivity contribution is 0.380. The van der Waals surface area contributed by atoms with Crippen molar-refractivity contribution in [3.63, 3.8) is 0 Å². The summed E-state index contributed by atoms with van der Waals surface area (Å²) in [5.74, 6) is 0.820. The maximum atomic E-state index is 9.99. The van der Waals surface area contributed by atoms with Gasteiger partial charge in [0.05, 0.1) is 12.1 Å². The molecule has 0 fully saturated rings. The smallest absolute Gasteiger partial charge is 0.240 e. The molecular formula is C13H11N3O2. The topological polar surface area (TPSA) is 85.2 Å². The summed E-state index contributed by atoms with van der Waals surface area (Å²) in [4.78, 5) is 4.15. The molecule has 0 radical (unpaired) electrons. The van der Waals surface area contributed by atoms with E-state index in [2.05, 4.69) is 10.1 Å². The maximum absolute atomic E-state index is 9.99. The second-order valence-corrected chi connectivity index (χ2v) is 3.90. The van der Waals surface area contributed by atoms with Crippen molar-refractivity contribution in [1.29, 1.82) is 0 Å². The molecule has 5 heteroatoms. The zero-order valence-corrected chi connectivity index (χ0v) is 9.50. The van der Waals surface area contributed by atoms with E-state index in [-0.39, 0.29) is 12.3 Å². The van der Waals surface area contributed by atoms with Crippen molar-refractivity contribution >= 4 is 10.8 Å². The summed E-state index contributed by atoms with van der Waals surface area (Å²) in [7, 11) is 0. The van der Waals surface area contributed by atoms with Crippen LogP contribution in [0.25, 0.3) is 22.2 Å². The Labute approximate surface area is 103 Å². The highest BCUT2D eigenvalue weighted by Gasteiger charge is 2.15. The minimum absolute atomic E-state index is 0.123.